The van der Waals surface area contributed by atoms with Crippen molar-refractivity contribution >= 4 is 23.2 Å². The zero-order valence-electron chi connectivity index (χ0n) is 13.2. The number of carbonyl (C=O) groups is 1. The van der Waals surface area contributed by atoms with Crippen LogP contribution in [0.4, 0.5) is 18.9 Å². The van der Waals surface area contributed by atoms with Crippen molar-refractivity contribution in [3.05, 3.63) is 40.6 Å². The first-order valence-electron chi connectivity index (χ1n) is 7.42. The number of nitrogens with one attached hydrogen (secondary N) is 2. The SMILES string of the molecule is N#C/C(=C/NCCCCCO)C(=O)Nc1ccc(Cl)c(C(F)(F)F)c1. The molecule has 1 amide bonds. The van der Waals surface area contributed by atoms with Crippen LogP contribution in [-0.4, -0.2) is 24.2 Å². The van der Waals surface area contributed by atoms with Crippen molar-refractivity contribution in [3.8, 4) is 6.07 Å². The molecule has 9 heteroatoms. The molecule has 0 aliphatic rings. The van der Waals surface area contributed by atoms with Gasteiger partial charge in [-0.1, -0.05) is 11.6 Å². The van der Waals surface area contributed by atoms with Crippen molar-refractivity contribution in [3.63, 3.8) is 0 Å². The van der Waals surface area contributed by atoms with E-state index in [4.69, 9.17) is 22.0 Å². The molecule has 0 radical (unpaired) electrons. The number of alkyl halides is 3. The summed E-state index contributed by atoms with van der Waals surface area (Å²) in [6.07, 6.45) is -1.26. The molecule has 1 rings (SSSR count). The van der Waals surface area contributed by atoms with E-state index in [0.29, 0.717) is 19.0 Å². The highest BCUT2D eigenvalue weighted by Gasteiger charge is 2.33. The second-order valence-electron chi connectivity index (χ2n) is 5.05. The van der Waals surface area contributed by atoms with Crippen LogP contribution in [0.3, 0.4) is 0 Å². The van der Waals surface area contributed by atoms with Crippen LogP contribution in [0.5, 0.6) is 0 Å². The number of aliphatic hydroxyl groups is 1. The molecule has 0 bridgehead atoms. The summed E-state index contributed by atoms with van der Waals surface area (Å²) in [7, 11) is 0. The normalized spacial score (nSPS) is 11.8. The fraction of sp³-hybridized carbons (Fsp3) is 0.375. The number of benzene rings is 1. The summed E-state index contributed by atoms with van der Waals surface area (Å²) in [5.74, 6) is -0.833. The highest BCUT2D eigenvalue weighted by Crippen LogP contribution is 2.36. The first-order chi connectivity index (χ1) is 11.8. The van der Waals surface area contributed by atoms with Crippen LogP contribution in [0.15, 0.2) is 30.0 Å². The van der Waals surface area contributed by atoms with Crippen LogP contribution < -0.4 is 10.6 Å². The largest absolute Gasteiger partial charge is 0.417 e. The number of amides is 1. The third-order valence-corrected chi connectivity index (χ3v) is 3.45. The van der Waals surface area contributed by atoms with E-state index in [0.717, 1.165) is 18.9 Å². The van der Waals surface area contributed by atoms with Gasteiger partial charge in [-0.15, -0.1) is 0 Å². The van der Waals surface area contributed by atoms with Crippen molar-refractivity contribution < 1.29 is 23.1 Å². The summed E-state index contributed by atoms with van der Waals surface area (Å²) in [6.45, 7) is 0.598. The molecule has 0 saturated carbocycles. The van der Waals surface area contributed by atoms with Crippen LogP contribution in [-0.2, 0) is 11.0 Å². The van der Waals surface area contributed by atoms with Gasteiger partial charge in [-0.3, -0.25) is 4.79 Å². The Balaban J connectivity index is 2.72. The Bertz CT molecular complexity index is 670. The number of nitrogens with zero attached hydrogens (tertiary/aromatic N) is 1. The second-order valence-corrected chi connectivity index (χ2v) is 5.46. The molecule has 0 saturated heterocycles. The lowest BCUT2D eigenvalue weighted by atomic mass is 10.2. The van der Waals surface area contributed by atoms with Crippen LogP contribution in [0.25, 0.3) is 0 Å². The number of aliphatic hydroxyl groups excluding tert-OH is 1. The Hall–Kier alpha value is -2.24. The lowest BCUT2D eigenvalue weighted by Gasteiger charge is -2.11. The monoisotopic (exact) mass is 375 g/mol. The van der Waals surface area contributed by atoms with E-state index >= 15 is 0 Å². The zero-order chi connectivity index (χ0) is 18.9. The Labute approximate surface area is 148 Å². The average molecular weight is 376 g/mol. The molecule has 0 unspecified atom stereocenters. The summed E-state index contributed by atoms with van der Waals surface area (Å²) in [5, 5.41) is 22.2. The van der Waals surface area contributed by atoms with E-state index in [9.17, 15) is 18.0 Å². The first-order valence-corrected chi connectivity index (χ1v) is 7.80. The van der Waals surface area contributed by atoms with Crippen molar-refractivity contribution in [2.24, 2.45) is 0 Å². The van der Waals surface area contributed by atoms with E-state index in [2.05, 4.69) is 10.6 Å². The standard InChI is InChI=1S/C16H17ClF3N3O2/c17-14-5-4-12(8-13(14)16(18,19)20)23-15(25)11(9-21)10-22-6-2-1-3-7-24/h4-5,8,10,22,24H,1-3,6-7H2,(H,23,25)/b11-10-. The molecule has 0 aromatic heterocycles. The van der Waals surface area contributed by atoms with Crippen molar-refractivity contribution in [2.45, 2.75) is 25.4 Å². The van der Waals surface area contributed by atoms with Gasteiger partial charge in [-0.2, -0.15) is 18.4 Å². The van der Waals surface area contributed by atoms with Crippen LogP contribution >= 0.6 is 11.6 Å². The summed E-state index contributed by atoms with van der Waals surface area (Å²) < 4.78 is 38.4. The van der Waals surface area contributed by atoms with Crippen LogP contribution in [0.1, 0.15) is 24.8 Å². The zero-order valence-corrected chi connectivity index (χ0v) is 13.9. The molecule has 0 atom stereocenters. The van der Waals surface area contributed by atoms with Crippen molar-refractivity contribution in [1.29, 1.82) is 5.26 Å². The maximum atomic E-state index is 12.8. The van der Waals surface area contributed by atoms with E-state index in [1.165, 1.54) is 12.3 Å². The van der Waals surface area contributed by atoms with Gasteiger partial charge in [0.25, 0.3) is 5.91 Å². The van der Waals surface area contributed by atoms with Gasteiger partial charge in [0.1, 0.15) is 11.6 Å². The second kappa shape index (κ2) is 9.91. The topological polar surface area (TPSA) is 85.2 Å². The van der Waals surface area contributed by atoms with Gasteiger partial charge in [-0.25, -0.2) is 0 Å². The predicted octanol–water partition coefficient (Wildman–Crippen LogP) is 3.46. The summed E-state index contributed by atoms with van der Waals surface area (Å²) >= 11 is 5.51. The van der Waals surface area contributed by atoms with Gasteiger partial charge in [0.05, 0.1) is 10.6 Å². The Morgan fingerprint density at radius 1 is 1.32 bits per heavy atom. The fourth-order valence-electron chi connectivity index (χ4n) is 1.86. The highest BCUT2D eigenvalue weighted by molar-refractivity contribution is 6.31. The average Bonchev–Trinajstić information content (AvgIpc) is 2.55. The quantitative estimate of drug-likeness (QED) is 0.369. The lowest BCUT2D eigenvalue weighted by Crippen LogP contribution is -2.18. The number of hydrogen-bond donors (Lipinski definition) is 3. The number of unbranched alkanes of at least 4 members (excludes halogenated alkanes) is 2. The van der Waals surface area contributed by atoms with Crippen molar-refractivity contribution in [2.75, 3.05) is 18.5 Å². The van der Waals surface area contributed by atoms with Gasteiger partial charge in [-0.05, 0) is 37.5 Å². The number of nitriles is 1. The third-order valence-electron chi connectivity index (χ3n) is 3.12. The van der Waals surface area contributed by atoms with E-state index < -0.39 is 22.7 Å². The highest BCUT2D eigenvalue weighted by atomic mass is 35.5. The maximum Gasteiger partial charge on any atom is 0.417 e. The molecule has 0 aliphatic heterocycles. The summed E-state index contributed by atoms with van der Waals surface area (Å²) in [4.78, 5) is 12.0. The molecule has 1 aromatic rings. The van der Waals surface area contributed by atoms with Gasteiger partial charge in [0, 0.05) is 25.0 Å². The van der Waals surface area contributed by atoms with E-state index in [1.807, 2.05) is 0 Å². The maximum absolute atomic E-state index is 12.8. The van der Waals surface area contributed by atoms with Crippen LogP contribution in [0, 0.1) is 11.3 Å². The molecule has 3 N–H and O–H groups in total. The molecule has 0 aliphatic carbocycles. The lowest BCUT2D eigenvalue weighted by molar-refractivity contribution is -0.137. The van der Waals surface area contributed by atoms with Gasteiger partial charge >= 0.3 is 6.18 Å². The van der Waals surface area contributed by atoms with Gasteiger partial charge in [0.2, 0.25) is 0 Å². The number of carbonyl (C=O) groups excluding carboxylic acids is 1. The molecular weight excluding hydrogens is 359 g/mol. The number of halogens is 4. The Kier molecular flexibility index (Phi) is 8.25. The molecule has 0 spiro atoms. The van der Waals surface area contributed by atoms with Crippen LogP contribution in [0.2, 0.25) is 5.02 Å². The fourth-order valence-corrected chi connectivity index (χ4v) is 2.08. The number of anilines is 1. The third kappa shape index (κ3) is 7.03. The van der Waals surface area contributed by atoms with E-state index in [-0.39, 0.29) is 17.9 Å². The summed E-state index contributed by atoms with van der Waals surface area (Å²) in [6, 6.07) is 4.62. The minimum absolute atomic E-state index is 0.0999. The number of rotatable bonds is 8. The molecule has 0 fully saturated rings. The predicted molar refractivity (Wildman–Crippen MR) is 87.7 cm³/mol. The number of hydrogen-bond acceptors (Lipinski definition) is 4. The minimum atomic E-state index is -4.65. The Morgan fingerprint density at radius 2 is 2.04 bits per heavy atom. The smallest absolute Gasteiger partial charge is 0.396 e. The molecule has 1 aromatic carbocycles. The van der Waals surface area contributed by atoms with Gasteiger partial charge < -0.3 is 15.7 Å². The molecule has 5 nitrogen and oxygen atoms in total. The molecule has 0 heterocycles. The van der Waals surface area contributed by atoms with E-state index in [1.54, 1.807) is 6.07 Å². The molecule has 25 heavy (non-hydrogen) atoms. The van der Waals surface area contributed by atoms with Crippen molar-refractivity contribution in [1.82, 2.24) is 5.32 Å². The summed E-state index contributed by atoms with van der Waals surface area (Å²) in [5.41, 5.74) is -1.46. The molecular formula is C16H17ClF3N3O2. The first kappa shape index (κ1) is 20.8. The molecule has 136 valence electrons. The van der Waals surface area contributed by atoms with Gasteiger partial charge in [0.15, 0.2) is 0 Å². The minimum Gasteiger partial charge on any atom is -0.396 e. The Morgan fingerprint density at radius 3 is 2.64 bits per heavy atom.